The third-order valence-electron chi connectivity index (χ3n) is 4.02. The van der Waals surface area contributed by atoms with Crippen molar-refractivity contribution in [2.75, 3.05) is 18.5 Å². The molecule has 0 radical (unpaired) electrons. The minimum atomic E-state index is 0.492. The van der Waals surface area contributed by atoms with Crippen LogP contribution in [0.25, 0.3) is 0 Å². The molecule has 6 heteroatoms. The van der Waals surface area contributed by atoms with Gasteiger partial charge in [0.05, 0.1) is 12.2 Å². The van der Waals surface area contributed by atoms with Crippen LogP contribution < -0.4 is 10.2 Å². The monoisotopic (exact) mass is 305 g/mol. The first-order chi connectivity index (χ1) is 10.2. The van der Waals surface area contributed by atoms with Gasteiger partial charge >= 0.3 is 0 Å². The van der Waals surface area contributed by atoms with Crippen LogP contribution in [0.5, 0.6) is 0 Å². The van der Waals surface area contributed by atoms with E-state index in [9.17, 15) is 0 Å². The van der Waals surface area contributed by atoms with Crippen molar-refractivity contribution in [1.82, 2.24) is 19.9 Å². The SMILES string of the molecule is CCNC1CCCc2nc(N(C)Cc3nccn3C)sc21. The molecule has 2 aromatic rings. The predicted octanol–water partition coefficient (Wildman–Crippen LogP) is 2.50. The molecule has 1 aliphatic carbocycles. The molecular weight excluding hydrogens is 282 g/mol. The zero-order chi connectivity index (χ0) is 14.8. The lowest BCUT2D eigenvalue weighted by molar-refractivity contribution is 0.476. The van der Waals surface area contributed by atoms with Crippen LogP contribution in [0, 0.1) is 0 Å². The molecule has 0 saturated carbocycles. The van der Waals surface area contributed by atoms with E-state index in [1.165, 1.54) is 23.4 Å². The topological polar surface area (TPSA) is 46.0 Å². The van der Waals surface area contributed by atoms with Crippen molar-refractivity contribution < 1.29 is 0 Å². The highest BCUT2D eigenvalue weighted by Gasteiger charge is 2.25. The second kappa shape index (κ2) is 6.15. The first-order valence-corrected chi connectivity index (χ1v) is 8.41. The summed E-state index contributed by atoms with van der Waals surface area (Å²) in [6.45, 7) is 3.98. The Morgan fingerprint density at radius 2 is 2.38 bits per heavy atom. The minimum Gasteiger partial charge on any atom is -0.344 e. The lowest BCUT2D eigenvalue weighted by Gasteiger charge is -2.21. The smallest absolute Gasteiger partial charge is 0.185 e. The van der Waals surface area contributed by atoms with Crippen LogP contribution >= 0.6 is 11.3 Å². The van der Waals surface area contributed by atoms with Gasteiger partial charge in [0.15, 0.2) is 5.13 Å². The zero-order valence-corrected chi connectivity index (χ0v) is 13.8. The van der Waals surface area contributed by atoms with Gasteiger partial charge in [0, 0.05) is 37.4 Å². The largest absolute Gasteiger partial charge is 0.344 e. The average molecular weight is 305 g/mol. The number of thiazole rings is 1. The Morgan fingerprint density at radius 1 is 1.52 bits per heavy atom. The molecule has 114 valence electrons. The highest BCUT2D eigenvalue weighted by atomic mass is 32.1. The first-order valence-electron chi connectivity index (χ1n) is 7.59. The average Bonchev–Trinajstić information content (AvgIpc) is 3.07. The maximum absolute atomic E-state index is 4.86. The molecule has 0 fully saturated rings. The third kappa shape index (κ3) is 2.96. The van der Waals surface area contributed by atoms with Gasteiger partial charge in [-0.2, -0.15) is 0 Å². The molecule has 0 aromatic carbocycles. The summed E-state index contributed by atoms with van der Waals surface area (Å²) in [6.07, 6.45) is 7.40. The van der Waals surface area contributed by atoms with Gasteiger partial charge in [-0.1, -0.05) is 18.3 Å². The molecule has 0 aliphatic heterocycles. The summed E-state index contributed by atoms with van der Waals surface area (Å²) in [5.74, 6) is 1.06. The molecule has 2 aromatic heterocycles. The maximum Gasteiger partial charge on any atom is 0.185 e. The number of rotatable bonds is 5. The van der Waals surface area contributed by atoms with Crippen LogP contribution in [0.4, 0.5) is 5.13 Å². The fraction of sp³-hybridized carbons (Fsp3) is 0.600. The van der Waals surface area contributed by atoms with E-state index in [4.69, 9.17) is 4.98 Å². The van der Waals surface area contributed by atoms with Crippen molar-refractivity contribution in [1.29, 1.82) is 0 Å². The molecule has 1 aliphatic rings. The molecule has 1 N–H and O–H groups in total. The van der Waals surface area contributed by atoms with Crippen molar-refractivity contribution in [2.45, 2.75) is 38.8 Å². The summed E-state index contributed by atoms with van der Waals surface area (Å²) in [5.41, 5.74) is 1.29. The highest BCUT2D eigenvalue weighted by molar-refractivity contribution is 7.15. The Kier molecular flexibility index (Phi) is 4.26. The number of aryl methyl sites for hydroxylation is 2. The number of aromatic nitrogens is 3. The summed E-state index contributed by atoms with van der Waals surface area (Å²) in [7, 11) is 4.13. The second-order valence-corrected chi connectivity index (χ2v) is 6.63. The fourth-order valence-electron chi connectivity index (χ4n) is 2.84. The number of fused-ring (bicyclic) bond motifs is 1. The molecule has 21 heavy (non-hydrogen) atoms. The number of nitrogens with zero attached hydrogens (tertiary/aromatic N) is 4. The summed E-state index contributed by atoms with van der Waals surface area (Å²) >= 11 is 1.83. The van der Waals surface area contributed by atoms with E-state index in [0.717, 1.165) is 30.5 Å². The van der Waals surface area contributed by atoms with E-state index in [1.54, 1.807) is 0 Å². The van der Waals surface area contributed by atoms with E-state index in [-0.39, 0.29) is 0 Å². The minimum absolute atomic E-state index is 0.492. The molecule has 0 saturated heterocycles. The van der Waals surface area contributed by atoms with Crippen molar-refractivity contribution >= 4 is 16.5 Å². The van der Waals surface area contributed by atoms with Gasteiger partial charge in [0.2, 0.25) is 0 Å². The van der Waals surface area contributed by atoms with Crippen LogP contribution in [0.1, 0.15) is 42.2 Å². The standard InChI is InChI=1S/C15H23N5S/c1-4-16-11-6-5-7-12-14(11)21-15(18-12)20(3)10-13-17-8-9-19(13)2/h8-9,11,16H,4-7,10H2,1-3H3. The molecule has 0 amide bonds. The molecular formula is C15H23N5S. The van der Waals surface area contributed by atoms with Crippen LogP contribution in [-0.2, 0) is 20.0 Å². The fourth-order valence-corrected chi connectivity index (χ4v) is 4.02. The molecule has 5 nitrogen and oxygen atoms in total. The highest BCUT2D eigenvalue weighted by Crippen LogP contribution is 2.37. The van der Waals surface area contributed by atoms with E-state index < -0.39 is 0 Å². The quantitative estimate of drug-likeness (QED) is 0.922. The number of anilines is 1. The predicted molar refractivity (Wildman–Crippen MR) is 86.8 cm³/mol. The lowest BCUT2D eigenvalue weighted by Crippen LogP contribution is -2.23. The van der Waals surface area contributed by atoms with Crippen LogP contribution in [-0.4, -0.2) is 28.1 Å². The summed E-state index contributed by atoms with van der Waals surface area (Å²) in [4.78, 5) is 12.9. The van der Waals surface area contributed by atoms with Gasteiger partial charge in [-0.3, -0.25) is 0 Å². The molecule has 1 atom stereocenters. The van der Waals surface area contributed by atoms with Crippen LogP contribution in [0.15, 0.2) is 12.4 Å². The second-order valence-electron chi connectivity index (χ2n) is 5.62. The van der Waals surface area contributed by atoms with E-state index in [2.05, 4.69) is 33.7 Å². The van der Waals surface area contributed by atoms with E-state index >= 15 is 0 Å². The molecule has 3 rings (SSSR count). The van der Waals surface area contributed by atoms with Crippen molar-refractivity contribution in [2.24, 2.45) is 7.05 Å². The summed E-state index contributed by atoms with van der Waals surface area (Å²) in [5, 5.41) is 4.69. The van der Waals surface area contributed by atoms with Gasteiger partial charge in [-0.05, 0) is 25.8 Å². The number of imidazole rings is 1. The Balaban J connectivity index is 1.78. The first kappa shape index (κ1) is 14.5. The summed E-state index contributed by atoms with van der Waals surface area (Å²) < 4.78 is 2.06. The van der Waals surface area contributed by atoms with E-state index in [1.807, 2.05) is 30.8 Å². The normalized spacial score (nSPS) is 17.8. The molecule has 0 spiro atoms. The lowest BCUT2D eigenvalue weighted by atomic mass is 9.98. The van der Waals surface area contributed by atoms with Gasteiger partial charge in [0.1, 0.15) is 5.82 Å². The maximum atomic E-state index is 4.86. The molecule has 2 heterocycles. The Morgan fingerprint density at radius 3 is 3.10 bits per heavy atom. The molecule has 0 bridgehead atoms. The number of hydrogen-bond acceptors (Lipinski definition) is 5. The zero-order valence-electron chi connectivity index (χ0n) is 13.0. The summed E-state index contributed by atoms with van der Waals surface area (Å²) in [6, 6.07) is 0.492. The van der Waals surface area contributed by atoms with Gasteiger partial charge in [-0.25, -0.2) is 9.97 Å². The van der Waals surface area contributed by atoms with Gasteiger partial charge in [-0.15, -0.1) is 0 Å². The van der Waals surface area contributed by atoms with Crippen LogP contribution in [0.2, 0.25) is 0 Å². The molecule has 1 unspecified atom stereocenters. The van der Waals surface area contributed by atoms with Gasteiger partial charge in [0.25, 0.3) is 0 Å². The van der Waals surface area contributed by atoms with Crippen molar-refractivity contribution in [3.63, 3.8) is 0 Å². The number of hydrogen-bond donors (Lipinski definition) is 1. The Bertz CT molecular complexity index is 603. The van der Waals surface area contributed by atoms with Crippen molar-refractivity contribution in [3.8, 4) is 0 Å². The van der Waals surface area contributed by atoms with Gasteiger partial charge < -0.3 is 14.8 Å². The van der Waals surface area contributed by atoms with E-state index in [0.29, 0.717) is 6.04 Å². The third-order valence-corrected chi connectivity index (χ3v) is 5.34. The Hall–Kier alpha value is -1.40. The Labute approximate surface area is 130 Å². The number of nitrogens with one attached hydrogen (secondary N) is 1. The van der Waals surface area contributed by atoms with Crippen LogP contribution in [0.3, 0.4) is 0 Å². The van der Waals surface area contributed by atoms with Crippen molar-refractivity contribution in [3.05, 3.63) is 28.8 Å².